The van der Waals surface area contributed by atoms with Crippen LogP contribution in [0.1, 0.15) is 12.0 Å². The van der Waals surface area contributed by atoms with Gasteiger partial charge in [0.05, 0.1) is 16.8 Å². The van der Waals surface area contributed by atoms with Crippen LogP contribution >= 0.6 is 0 Å². The van der Waals surface area contributed by atoms with Crippen LogP contribution in [-0.2, 0) is 6.42 Å². The van der Waals surface area contributed by atoms with Crippen LogP contribution < -0.4 is 10.5 Å². The maximum absolute atomic E-state index is 11.1. The minimum absolute atomic E-state index is 0.0799. The molecule has 0 aliphatic carbocycles. The molecule has 8 heteroatoms. The highest BCUT2D eigenvalue weighted by Crippen LogP contribution is 2.35. The number of nitro benzene ring substituents is 1. The average Bonchev–Trinajstić information content (AvgIpc) is 2.66. The standard InChI is InChI=1S/C18H16N6O2/c19-11-23-16-10-13(24(25)26)7-8-14(16)17(21-18(23)20)22-9-3-5-12-4-1-2-6-15(12)22/h1-2,4,6-8,10-11,19-20H,3,5,9H2. The molecule has 8 nitrogen and oxygen atoms in total. The molecule has 130 valence electrons. The van der Waals surface area contributed by atoms with E-state index < -0.39 is 4.92 Å². The van der Waals surface area contributed by atoms with Crippen molar-refractivity contribution < 1.29 is 4.92 Å². The number of hydrogen-bond donors (Lipinski definition) is 2. The van der Waals surface area contributed by atoms with Gasteiger partial charge in [-0.3, -0.25) is 25.5 Å². The van der Waals surface area contributed by atoms with Gasteiger partial charge in [-0.2, -0.15) is 4.98 Å². The first-order valence-corrected chi connectivity index (χ1v) is 8.21. The van der Waals surface area contributed by atoms with E-state index in [1.807, 2.05) is 18.2 Å². The quantitative estimate of drug-likeness (QED) is 0.328. The zero-order valence-electron chi connectivity index (χ0n) is 13.8. The second kappa shape index (κ2) is 6.07. The minimum atomic E-state index is -0.479. The van der Waals surface area contributed by atoms with Crippen molar-refractivity contribution in [1.29, 1.82) is 10.8 Å². The molecule has 2 aromatic carbocycles. The number of anilines is 2. The molecule has 0 saturated heterocycles. The summed E-state index contributed by atoms with van der Waals surface area (Å²) in [6.45, 7) is 0.754. The third-order valence-corrected chi connectivity index (χ3v) is 4.63. The second-order valence-corrected chi connectivity index (χ2v) is 6.10. The van der Waals surface area contributed by atoms with Crippen molar-refractivity contribution in [2.24, 2.45) is 0 Å². The van der Waals surface area contributed by atoms with E-state index in [0.29, 0.717) is 16.7 Å². The maximum atomic E-state index is 11.1. The summed E-state index contributed by atoms with van der Waals surface area (Å²) in [5, 5.41) is 27.6. The molecule has 26 heavy (non-hydrogen) atoms. The van der Waals surface area contributed by atoms with Gasteiger partial charge in [0.1, 0.15) is 5.82 Å². The summed E-state index contributed by atoms with van der Waals surface area (Å²) in [6, 6.07) is 12.5. The highest BCUT2D eigenvalue weighted by molar-refractivity contribution is 5.95. The van der Waals surface area contributed by atoms with Crippen molar-refractivity contribution in [3.8, 4) is 0 Å². The molecule has 3 aromatic rings. The molecule has 0 amide bonds. The molecule has 2 heterocycles. The van der Waals surface area contributed by atoms with Crippen molar-refractivity contribution in [3.63, 3.8) is 0 Å². The number of para-hydroxylation sites is 1. The third-order valence-electron chi connectivity index (χ3n) is 4.63. The van der Waals surface area contributed by atoms with Crippen LogP contribution in [0, 0.1) is 20.9 Å². The summed E-state index contributed by atoms with van der Waals surface area (Å²) in [4.78, 5) is 17.1. The molecule has 0 saturated carbocycles. The number of fused-ring (bicyclic) bond motifs is 2. The van der Waals surface area contributed by atoms with Gasteiger partial charge in [0, 0.05) is 29.8 Å². The highest BCUT2D eigenvalue weighted by Gasteiger charge is 2.22. The fourth-order valence-electron chi connectivity index (χ4n) is 3.44. The number of rotatable bonds is 3. The van der Waals surface area contributed by atoms with Crippen LogP contribution in [-0.4, -0.2) is 27.4 Å². The summed E-state index contributed by atoms with van der Waals surface area (Å²) >= 11 is 0. The number of nitrogens with one attached hydrogen (secondary N) is 2. The molecule has 0 radical (unpaired) electrons. The smallest absolute Gasteiger partial charge is 0.271 e. The highest BCUT2D eigenvalue weighted by atomic mass is 16.6. The molecule has 1 aliphatic rings. The van der Waals surface area contributed by atoms with E-state index in [2.05, 4.69) is 16.0 Å². The molecular formula is C18H16N6O2. The van der Waals surface area contributed by atoms with Crippen LogP contribution in [0.2, 0.25) is 0 Å². The molecule has 2 N–H and O–H groups in total. The van der Waals surface area contributed by atoms with Crippen molar-refractivity contribution in [1.82, 2.24) is 9.55 Å². The number of benzene rings is 2. The van der Waals surface area contributed by atoms with Crippen molar-refractivity contribution in [2.75, 3.05) is 11.4 Å². The predicted octanol–water partition coefficient (Wildman–Crippen LogP) is 2.96. The van der Waals surface area contributed by atoms with Gasteiger partial charge >= 0.3 is 0 Å². The lowest BCUT2D eigenvalue weighted by Crippen LogP contribution is -2.30. The first-order valence-electron chi connectivity index (χ1n) is 8.21. The van der Waals surface area contributed by atoms with E-state index in [1.165, 1.54) is 22.3 Å². The van der Waals surface area contributed by atoms with Gasteiger partial charge < -0.3 is 4.90 Å². The average molecular weight is 348 g/mol. The zero-order chi connectivity index (χ0) is 18.3. The van der Waals surface area contributed by atoms with Gasteiger partial charge in [-0.25, -0.2) is 0 Å². The van der Waals surface area contributed by atoms with Gasteiger partial charge in [-0.1, -0.05) is 18.2 Å². The van der Waals surface area contributed by atoms with Crippen molar-refractivity contribution in [3.05, 3.63) is 63.8 Å². The first-order chi connectivity index (χ1) is 12.6. The number of nitro groups is 1. The molecule has 0 atom stereocenters. The van der Waals surface area contributed by atoms with E-state index in [1.54, 1.807) is 6.07 Å². The monoisotopic (exact) mass is 348 g/mol. The number of nitrogens with zero attached hydrogens (tertiary/aromatic N) is 4. The van der Waals surface area contributed by atoms with Gasteiger partial charge in [0.15, 0.2) is 0 Å². The van der Waals surface area contributed by atoms with Gasteiger partial charge in [0.25, 0.3) is 5.69 Å². The fourth-order valence-corrected chi connectivity index (χ4v) is 3.44. The predicted molar refractivity (Wildman–Crippen MR) is 98.2 cm³/mol. The lowest BCUT2D eigenvalue weighted by atomic mass is 10.0. The summed E-state index contributed by atoms with van der Waals surface area (Å²) in [6.07, 6.45) is 2.90. The SMILES string of the molecule is N=Cn1c(=N)nc(N2CCCc3ccccc32)c2ccc([N+](=O)[O-])cc21. The fraction of sp³-hybridized carbons (Fsp3) is 0.167. The number of hydrogen-bond acceptors (Lipinski definition) is 6. The summed E-state index contributed by atoms with van der Waals surface area (Å²) in [5.74, 6) is 0.588. The van der Waals surface area contributed by atoms with Crippen LogP contribution in [0.3, 0.4) is 0 Å². The minimum Gasteiger partial charge on any atom is -0.325 e. The van der Waals surface area contributed by atoms with E-state index in [4.69, 9.17) is 10.8 Å². The third kappa shape index (κ3) is 2.43. The molecule has 0 fully saturated rings. The maximum Gasteiger partial charge on any atom is 0.271 e. The summed E-state index contributed by atoms with van der Waals surface area (Å²) in [5.41, 5.74) is 2.46. The van der Waals surface area contributed by atoms with E-state index in [9.17, 15) is 10.1 Å². The Morgan fingerprint density at radius 2 is 2.04 bits per heavy atom. The Kier molecular flexibility index (Phi) is 3.72. The second-order valence-electron chi connectivity index (χ2n) is 6.10. The molecule has 4 rings (SSSR count). The molecule has 0 bridgehead atoms. The van der Waals surface area contributed by atoms with Crippen LogP contribution in [0.15, 0.2) is 42.5 Å². The number of non-ortho nitro benzene ring substituents is 1. The molecule has 1 aromatic heterocycles. The summed E-state index contributed by atoms with van der Waals surface area (Å²) in [7, 11) is 0. The van der Waals surface area contributed by atoms with Gasteiger partial charge in [-0.15, -0.1) is 0 Å². The Bertz CT molecular complexity index is 1100. The Balaban J connectivity index is 2.02. The van der Waals surface area contributed by atoms with Crippen LogP contribution in [0.5, 0.6) is 0 Å². The lowest BCUT2D eigenvalue weighted by Gasteiger charge is -2.31. The van der Waals surface area contributed by atoms with Crippen molar-refractivity contribution in [2.45, 2.75) is 12.8 Å². The molecule has 1 aliphatic heterocycles. The molecule has 0 spiro atoms. The van der Waals surface area contributed by atoms with E-state index in [0.717, 1.165) is 31.4 Å². The molecular weight excluding hydrogens is 332 g/mol. The number of aryl methyl sites for hydroxylation is 1. The normalized spacial score (nSPS) is 13.5. The number of aromatic nitrogens is 2. The van der Waals surface area contributed by atoms with Crippen LogP contribution in [0.4, 0.5) is 17.2 Å². The van der Waals surface area contributed by atoms with E-state index in [-0.39, 0.29) is 11.3 Å². The Hall–Kier alpha value is -3.55. The largest absolute Gasteiger partial charge is 0.325 e. The van der Waals surface area contributed by atoms with Gasteiger partial charge in [-0.05, 0) is 30.5 Å². The molecule has 0 unspecified atom stereocenters. The van der Waals surface area contributed by atoms with Crippen molar-refractivity contribution >= 4 is 34.4 Å². The van der Waals surface area contributed by atoms with E-state index >= 15 is 0 Å². The topological polar surface area (TPSA) is 112 Å². The Labute approximate surface area is 148 Å². The first kappa shape index (κ1) is 15.9. The summed E-state index contributed by atoms with van der Waals surface area (Å²) < 4.78 is 1.24. The zero-order valence-corrected chi connectivity index (χ0v) is 13.8. The van der Waals surface area contributed by atoms with Gasteiger partial charge in [0.2, 0.25) is 5.62 Å². The Morgan fingerprint density at radius 3 is 2.81 bits per heavy atom. The Morgan fingerprint density at radius 1 is 1.23 bits per heavy atom. The lowest BCUT2D eigenvalue weighted by molar-refractivity contribution is -0.384. The van der Waals surface area contributed by atoms with Crippen LogP contribution in [0.25, 0.3) is 10.9 Å².